The predicted molar refractivity (Wildman–Crippen MR) is 130 cm³/mol. The number of aryl methyl sites for hydroxylation is 2. The largest absolute Gasteiger partial charge is 0.381 e. The molecule has 2 heterocycles. The number of piperidine rings is 1. The van der Waals surface area contributed by atoms with Crippen molar-refractivity contribution in [3.05, 3.63) is 58.4 Å². The highest BCUT2D eigenvalue weighted by molar-refractivity contribution is 7.89. The summed E-state index contributed by atoms with van der Waals surface area (Å²) in [4.78, 5) is 17.1. The number of carbonyl (C=O) groups is 1. The summed E-state index contributed by atoms with van der Waals surface area (Å²) in [6.45, 7) is 6.51. The molecule has 0 amide bonds. The van der Waals surface area contributed by atoms with Crippen LogP contribution in [0.25, 0.3) is 0 Å². The Morgan fingerprint density at radius 2 is 1.94 bits per heavy atom. The lowest BCUT2D eigenvalue weighted by Gasteiger charge is -2.33. The molecule has 1 aliphatic heterocycles. The van der Waals surface area contributed by atoms with Crippen LogP contribution < -0.4 is 5.32 Å². The number of Topliss-reactive ketones (excluding diaryl/α,β-unsaturated/α-hetero) is 1. The quantitative estimate of drug-likeness (QED) is 0.528. The van der Waals surface area contributed by atoms with Crippen LogP contribution in [0.1, 0.15) is 61.5 Å². The minimum absolute atomic E-state index is 0.107. The van der Waals surface area contributed by atoms with Gasteiger partial charge in [0, 0.05) is 48.5 Å². The van der Waals surface area contributed by atoms with Crippen LogP contribution in [0.5, 0.6) is 0 Å². The molecule has 1 fully saturated rings. The van der Waals surface area contributed by atoms with Crippen LogP contribution >= 0.6 is 11.6 Å². The lowest BCUT2D eigenvalue weighted by molar-refractivity contribution is 0.0982. The molecule has 0 aliphatic carbocycles. The Labute approximate surface area is 196 Å². The van der Waals surface area contributed by atoms with E-state index in [2.05, 4.69) is 10.3 Å². The smallest absolute Gasteiger partial charge is 0.216 e. The highest BCUT2D eigenvalue weighted by Crippen LogP contribution is 2.22. The average Bonchev–Trinajstić information content (AvgIpc) is 2.78. The lowest BCUT2D eigenvalue weighted by atomic mass is 9.97. The zero-order chi connectivity index (χ0) is 23.3. The van der Waals surface area contributed by atoms with Crippen LogP contribution in [0.2, 0.25) is 5.02 Å². The van der Waals surface area contributed by atoms with E-state index >= 15 is 0 Å². The van der Waals surface area contributed by atoms with Crippen molar-refractivity contribution >= 4 is 33.1 Å². The van der Waals surface area contributed by atoms with Crippen molar-refractivity contribution in [3.8, 4) is 0 Å². The van der Waals surface area contributed by atoms with Gasteiger partial charge in [0.2, 0.25) is 10.0 Å². The van der Waals surface area contributed by atoms with E-state index in [4.69, 9.17) is 11.6 Å². The van der Waals surface area contributed by atoms with Crippen LogP contribution in [0.4, 0.5) is 5.69 Å². The number of ketones is 1. The Balaban J connectivity index is 1.56. The Bertz CT molecular complexity index is 1050. The summed E-state index contributed by atoms with van der Waals surface area (Å²) in [5.74, 6) is 0.107. The van der Waals surface area contributed by atoms with Gasteiger partial charge >= 0.3 is 0 Å². The third-order valence-electron chi connectivity index (χ3n) is 5.96. The molecule has 1 aliphatic rings. The van der Waals surface area contributed by atoms with E-state index < -0.39 is 15.3 Å². The molecule has 6 nitrogen and oxygen atoms in total. The van der Waals surface area contributed by atoms with Crippen molar-refractivity contribution in [1.29, 1.82) is 0 Å². The molecule has 1 aromatic heterocycles. The maximum atomic E-state index is 12.7. The highest BCUT2D eigenvalue weighted by Gasteiger charge is 2.30. The summed E-state index contributed by atoms with van der Waals surface area (Å²) in [5, 5.41) is 3.74. The number of hydrogen-bond donors (Lipinski definition) is 1. The molecule has 3 rings (SSSR count). The molecule has 0 unspecified atom stereocenters. The standard InChI is InChI=1S/C24H32ClN3O3S/c1-4-19-14-20(25)6-7-23(19)24(29)8-5-18-13-22(16-26-15-18)27-21-9-11-28(12-10-21)32(30,31)17(2)3/h6-7,13-17,21,27H,4-5,8-12H2,1-3H3. The average molecular weight is 478 g/mol. The normalized spacial score (nSPS) is 15.8. The first-order valence-corrected chi connectivity index (χ1v) is 13.1. The van der Waals surface area contributed by atoms with Gasteiger partial charge in [0.05, 0.1) is 10.9 Å². The fraction of sp³-hybridized carbons (Fsp3) is 0.500. The predicted octanol–water partition coefficient (Wildman–Crippen LogP) is 4.73. The number of nitrogens with one attached hydrogen (secondary N) is 1. The number of halogens is 1. The van der Waals surface area contributed by atoms with Crippen LogP contribution in [0.15, 0.2) is 36.7 Å². The van der Waals surface area contributed by atoms with Crippen molar-refractivity contribution in [1.82, 2.24) is 9.29 Å². The minimum atomic E-state index is -3.19. The number of benzene rings is 1. The summed E-state index contributed by atoms with van der Waals surface area (Å²) in [6.07, 6.45) is 6.86. The molecule has 0 atom stereocenters. The van der Waals surface area contributed by atoms with Gasteiger partial charge in [0.1, 0.15) is 0 Å². The van der Waals surface area contributed by atoms with Gasteiger partial charge in [0.15, 0.2) is 5.78 Å². The van der Waals surface area contributed by atoms with Crippen molar-refractivity contribution < 1.29 is 13.2 Å². The summed E-state index contributed by atoms with van der Waals surface area (Å²) in [6, 6.07) is 7.66. The van der Waals surface area contributed by atoms with Gasteiger partial charge in [-0.15, -0.1) is 0 Å². The second-order valence-electron chi connectivity index (χ2n) is 8.57. The van der Waals surface area contributed by atoms with Gasteiger partial charge in [-0.2, -0.15) is 0 Å². The zero-order valence-electron chi connectivity index (χ0n) is 19.0. The molecule has 8 heteroatoms. The summed E-state index contributed by atoms with van der Waals surface area (Å²) < 4.78 is 26.3. The first-order valence-electron chi connectivity index (χ1n) is 11.2. The van der Waals surface area contributed by atoms with Crippen LogP contribution in [-0.2, 0) is 22.9 Å². The van der Waals surface area contributed by atoms with Gasteiger partial charge in [-0.25, -0.2) is 12.7 Å². The summed E-state index contributed by atoms with van der Waals surface area (Å²) >= 11 is 6.06. The molecule has 174 valence electrons. The number of pyridine rings is 1. The van der Waals surface area contributed by atoms with Gasteiger partial charge < -0.3 is 5.32 Å². The highest BCUT2D eigenvalue weighted by atomic mass is 35.5. The van der Waals surface area contributed by atoms with E-state index in [9.17, 15) is 13.2 Å². The molecule has 0 radical (unpaired) electrons. The van der Waals surface area contributed by atoms with Gasteiger partial charge in [-0.05, 0) is 74.9 Å². The van der Waals surface area contributed by atoms with Crippen molar-refractivity contribution in [3.63, 3.8) is 0 Å². The fourth-order valence-electron chi connectivity index (χ4n) is 4.01. The van der Waals surface area contributed by atoms with Gasteiger partial charge in [-0.3, -0.25) is 9.78 Å². The molecule has 0 bridgehead atoms. The second kappa shape index (κ2) is 10.8. The molecule has 32 heavy (non-hydrogen) atoms. The van der Waals surface area contributed by atoms with E-state index in [1.54, 1.807) is 36.6 Å². The van der Waals surface area contributed by atoms with E-state index in [0.717, 1.165) is 41.6 Å². The molecule has 1 N–H and O–H groups in total. The third-order valence-corrected chi connectivity index (χ3v) is 8.48. The van der Waals surface area contributed by atoms with Gasteiger partial charge in [0.25, 0.3) is 0 Å². The summed E-state index contributed by atoms with van der Waals surface area (Å²) in [5.41, 5.74) is 3.61. The van der Waals surface area contributed by atoms with Crippen LogP contribution in [-0.4, -0.2) is 47.9 Å². The Kier molecular flexibility index (Phi) is 8.31. The molecule has 0 spiro atoms. The fourth-order valence-corrected chi connectivity index (χ4v) is 5.52. The Hall–Kier alpha value is -1.96. The number of nitrogens with zero attached hydrogens (tertiary/aromatic N) is 2. The zero-order valence-corrected chi connectivity index (χ0v) is 20.5. The number of hydrogen-bond acceptors (Lipinski definition) is 5. The molecule has 1 aromatic carbocycles. The van der Waals surface area contributed by atoms with E-state index in [1.807, 2.05) is 25.1 Å². The van der Waals surface area contributed by atoms with Crippen LogP contribution in [0.3, 0.4) is 0 Å². The first kappa shape index (κ1) is 24.7. The van der Waals surface area contributed by atoms with Crippen LogP contribution in [0, 0.1) is 0 Å². The van der Waals surface area contributed by atoms with E-state index in [-0.39, 0.29) is 11.8 Å². The second-order valence-corrected chi connectivity index (χ2v) is 11.5. The minimum Gasteiger partial charge on any atom is -0.381 e. The van der Waals surface area contributed by atoms with Gasteiger partial charge in [-0.1, -0.05) is 18.5 Å². The molecule has 1 saturated heterocycles. The van der Waals surface area contributed by atoms with E-state index in [1.165, 1.54) is 0 Å². The Morgan fingerprint density at radius 3 is 2.59 bits per heavy atom. The Morgan fingerprint density at radius 1 is 1.22 bits per heavy atom. The van der Waals surface area contributed by atoms with Crippen molar-refractivity contribution in [2.75, 3.05) is 18.4 Å². The maximum Gasteiger partial charge on any atom is 0.216 e. The van der Waals surface area contributed by atoms with Crippen molar-refractivity contribution in [2.24, 2.45) is 0 Å². The monoisotopic (exact) mass is 477 g/mol. The third kappa shape index (κ3) is 6.09. The summed E-state index contributed by atoms with van der Waals surface area (Å²) in [7, 11) is -3.19. The number of aromatic nitrogens is 1. The number of sulfonamides is 1. The maximum absolute atomic E-state index is 12.7. The van der Waals surface area contributed by atoms with Crippen molar-refractivity contribution in [2.45, 2.75) is 64.2 Å². The molecular weight excluding hydrogens is 446 g/mol. The topological polar surface area (TPSA) is 79.4 Å². The lowest BCUT2D eigenvalue weighted by Crippen LogP contribution is -2.44. The first-order chi connectivity index (χ1) is 15.2. The molecule has 2 aromatic rings. The number of rotatable bonds is 9. The molecule has 0 saturated carbocycles. The SMILES string of the molecule is CCc1cc(Cl)ccc1C(=O)CCc1cncc(NC2CCN(S(=O)(=O)C(C)C)CC2)c1. The number of carbonyl (C=O) groups excluding carboxylic acids is 1. The number of anilines is 1. The molecular formula is C24H32ClN3O3S. The van der Waals surface area contributed by atoms with E-state index in [0.29, 0.717) is 31.0 Å².